The summed E-state index contributed by atoms with van der Waals surface area (Å²) in [6.07, 6.45) is 0. The van der Waals surface area contributed by atoms with Crippen LogP contribution in [0.15, 0.2) is 164 Å². The average Bonchev–Trinajstić information content (AvgIpc) is 3.22. The summed E-state index contributed by atoms with van der Waals surface area (Å²) in [4.78, 5) is 9.06. The molecular weight excluding hydrogens is 818 g/mol. The maximum atomic E-state index is 11.7. The highest BCUT2D eigenvalue weighted by Crippen LogP contribution is 2.47. The van der Waals surface area contributed by atoms with Crippen LogP contribution >= 0.6 is 46.4 Å². The number of aliphatic hydroxyl groups excluding tert-OH is 2. The summed E-state index contributed by atoms with van der Waals surface area (Å²) in [7, 11) is 0. The molecule has 8 aromatic rings. The monoisotopic (exact) mass is 842 g/mol. The van der Waals surface area contributed by atoms with Gasteiger partial charge in [-0.2, -0.15) is 0 Å². The molecule has 4 N–H and O–H groups in total. The highest BCUT2D eigenvalue weighted by atomic mass is 35.5. The van der Waals surface area contributed by atoms with E-state index in [2.05, 4.69) is 30.4 Å². The fourth-order valence-electron chi connectivity index (χ4n) is 6.31. The third-order valence-electron chi connectivity index (χ3n) is 9.15. The molecule has 284 valence electrons. The Hall–Kier alpha value is -6.56. The van der Waals surface area contributed by atoms with Crippen molar-refractivity contribution < 1.29 is 20.4 Å². The Morgan fingerprint density at radius 2 is 1.02 bits per heavy atom. The zero-order valence-electron chi connectivity index (χ0n) is 29.7. The molecule has 0 aliphatic rings. The van der Waals surface area contributed by atoms with Gasteiger partial charge in [-0.1, -0.05) is 125 Å². The molecule has 0 aromatic heterocycles. The molecule has 0 atom stereocenters. The standard InChI is InChI=1S/C44H26Cl4N6O4/c45-30-13-6-16-33(38(30)47)51-53-40-27-11-4-3-10-25(27)21-29(42(40)56)44(58)49-32-15-5-12-28-35(50-43(57)26-19-18-23-8-1-2-9-24(23)20-26)22-36(55)41(37(28)32)54-52-34-17-7-14-31(46)39(34)48/h1-22,55-56H,(H,49,58)(H,50,57). The molecule has 58 heavy (non-hydrogen) atoms. The molecule has 0 spiro atoms. The molecule has 10 nitrogen and oxygen atoms in total. The number of aliphatic hydroxyl groups is 2. The minimum Gasteiger partial charge on any atom is -0.506 e. The van der Waals surface area contributed by atoms with E-state index in [1.54, 1.807) is 97.1 Å². The van der Waals surface area contributed by atoms with Crippen molar-refractivity contribution in [1.29, 1.82) is 0 Å². The molecule has 0 amide bonds. The van der Waals surface area contributed by atoms with Crippen LogP contribution < -0.4 is 0 Å². The lowest BCUT2D eigenvalue weighted by atomic mass is 10.0. The Labute approximate surface area is 350 Å². The number of fused-ring (bicyclic) bond motifs is 3. The van der Waals surface area contributed by atoms with Crippen LogP contribution in [0.1, 0.15) is 11.1 Å². The normalized spacial score (nSPS) is 12.5. The van der Waals surface area contributed by atoms with Crippen molar-refractivity contribution >= 4 is 125 Å². The maximum Gasteiger partial charge on any atom is 0.222 e. The van der Waals surface area contributed by atoms with E-state index in [1.165, 1.54) is 6.07 Å². The molecule has 0 saturated heterocycles. The molecule has 0 unspecified atom stereocenters. The highest BCUT2D eigenvalue weighted by Gasteiger charge is 2.21. The van der Waals surface area contributed by atoms with E-state index in [-0.39, 0.29) is 76.8 Å². The van der Waals surface area contributed by atoms with Crippen molar-refractivity contribution in [2.75, 3.05) is 0 Å². The Balaban J connectivity index is 1.31. The van der Waals surface area contributed by atoms with Gasteiger partial charge in [-0.15, -0.1) is 20.5 Å². The van der Waals surface area contributed by atoms with E-state index >= 15 is 0 Å². The van der Waals surface area contributed by atoms with Crippen LogP contribution in [0.25, 0.3) is 32.3 Å². The summed E-state index contributed by atoms with van der Waals surface area (Å²) >= 11 is 25.2. The topological polar surface area (TPSA) is 155 Å². The molecule has 8 aromatic carbocycles. The van der Waals surface area contributed by atoms with Crippen molar-refractivity contribution in [2.24, 2.45) is 30.4 Å². The zero-order chi connectivity index (χ0) is 40.5. The molecule has 14 heteroatoms. The number of nitrogens with zero attached hydrogens (tertiary/aromatic N) is 6. The average molecular weight is 845 g/mol. The minimum atomic E-state index is -0.610. The molecule has 0 aliphatic heterocycles. The Morgan fingerprint density at radius 3 is 1.72 bits per heavy atom. The summed E-state index contributed by atoms with van der Waals surface area (Å²) in [5, 5.41) is 67.8. The zero-order valence-corrected chi connectivity index (χ0v) is 32.7. The van der Waals surface area contributed by atoms with Gasteiger partial charge in [0.15, 0.2) is 5.75 Å². The largest absolute Gasteiger partial charge is 0.506 e. The third kappa shape index (κ3) is 7.49. The number of phenolic OH excluding ortho intramolecular Hbond substituents is 2. The summed E-state index contributed by atoms with van der Waals surface area (Å²) in [5.41, 5.74) is 1.09. The summed E-state index contributed by atoms with van der Waals surface area (Å²) in [6.45, 7) is 0. The van der Waals surface area contributed by atoms with E-state index < -0.39 is 11.6 Å². The summed E-state index contributed by atoms with van der Waals surface area (Å²) in [5.74, 6) is -1.73. The first kappa shape index (κ1) is 38.3. The molecule has 8 rings (SSSR count). The number of hydrogen-bond donors (Lipinski definition) is 4. The van der Waals surface area contributed by atoms with Gasteiger partial charge in [0.25, 0.3) is 0 Å². The summed E-state index contributed by atoms with van der Waals surface area (Å²) < 4.78 is 0. The molecule has 0 aliphatic carbocycles. The first-order chi connectivity index (χ1) is 28.1. The Bertz CT molecular complexity index is 3080. The number of aliphatic imine (C=N–C) groups is 2. The molecular formula is C44H26Cl4N6O4. The SMILES string of the molecule is OC(=Nc1cc(O)c(N=Nc2cccc(Cl)c2Cl)c2c(N=C(O)c3cc4ccccc4c(N=Nc4cccc(Cl)c4Cl)c3O)cccc12)c1ccc2ccccc2c1. The number of phenols is 2. The molecule has 0 bridgehead atoms. The van der Waals surface area contributed by atoms with Crippen molar-refractivity contribution in [3.63, 3.8) is 0 Å². The van der Waals surface area contributed by atoms with Crippen LogP contribution in [0.4, 0.5) is 34.1 Å². The number of aromatic hydroxyl groups is 2. The second-order valence-electron chi connectivity index (χ2n) is 12.8. The van der Waals surface area contributed by atoms with Gasteiger partial charge in [0, 0.05) is 27.8 Å². The highest BCUT2D eigenvalue weighted by molar-refractivity contribution is 6.44. The van der Waals surface area contributed by atoms with E-state index in [4.69, 9.17) is 46.4 Å². The quantitative estimate of drug-likeness (QED) is 0.0682. The van der Waals surface area contributed by atoms with Crippen LogP contribution in [0.3, 0.4) is 0 Å². The third-order valence-corrected chi connectivity index (χ3v) is 10.8. The first-order valence-corrected chi connectivity index (χ1v) is 18.9. The van der Waals surface area contributed by atoms with E-state index in [0.717, 1.165) is 10.8 Å². The van der Waals surface area contributed by atoms with Crippen molar-refractivity contribution in [3.05, 3.63) is 165 Å². The van der Waals surface area contributed by atoms with Gasteiger partial charge in [0.05, 0.1) is 37.0 Å². The van der Waals surface area contributed by atoms with E-state index in [1.807, 2.05) is 30.3 Å². The number of benzene rings is 8. The number of hydrogen-bond acceptors (Lipinski definition) is 8. The van der Waals surface area contributed by atoms with Crippen molar-refractivity contribution in [1.82, 2.24) is 0 Å². The predicted molar refractivity (Wildman–Crippen MR) is 234 cm³/mol. The fraction of sp³-hybridized carbons (Fsp3) is 0. The van der Waals surface area contributed by atoms with Crippen LogP contribution in [-0.2, 0) is 0 Å². The molecule has 0 fully saturated rings. The van der Waals surface area contributed by atoms with Crippen molar-refractivity contribution in [3.8, 4) is 11.5 Å². The maximum absolute atomic E-state index is 11.7. The predicted octanol–water partition coefficient (Wildman–Crippen LogP) is 15.3. The molecule has 0 heterocycles. The number of azo groups is 2. The Kier molecular flexibility index (Phi) is 10.7. The van der Waals surface area contributed by atoms with Gasteiger partial charge in [-0.3, -0.25) is 0 Å². The number of rotatable bonds is 8. The lowest BCUT2D eigenvalue weighted by Gasteiger charge is -2.12. The smallest absolute Gasteiger partial charge is 0.222 e. The number of halogens is 4. The van der Waals surface area contributed by atoms with E-state index in [9.17, 15) is 20.4 Å². The lowest BCUT2D eigenvalue weighted by molar-refractivity contribution is 0.470. The van der Waals surface area contributed by atoms with Crippen molar-refractivity contribution in [2.45, 2.75) is 0 Å². The molecule has 0 saturated carbocycles. The van der Waals surface area contributed by atoms with Gasteiger partial charge >= 0.3 is 0 Å². The van der Waals surface area contributed by atoms with Crippen LogP contribution in [0, 0.1) is 0 Å². The lowest BCUT2D eigenvalue weighted by Crippen LogP contribution is -2.00. The van der Waals surface area contributed by atoms with Crippen LogP contribution in [-0.4, -0.2) is 32.2 Å². The van der Waals surface area contributed by atoms with Crippen LogP contribution in [0.5, 0.6) is 11.5 Å². The van der Waals surface area contributed by atoms with Gasteiger partial charge in [-0.25, -0.2) is 9.98 Å². The van der Waals surface area contributed by atoms with Gasteiger partial charge in [0.1, 0.15) is 28.5 Å². The minimum absolute atomic E-state index is 0.0372. The van der Waals surface area contributed by atoms with E-state index in [0.29, 0.717) is 21.7 Å². The second kappa shape index (κ2) is 16.1. The van der Waals surface area contributed by atoms with Crippen LogP contribution in [0.2, 0.25) is 20.1 Å². The fourth-order valence-corrected chi connectivity index (χ4v) is 6.98. The molecule has 0 radical (unpaired) electrons. The summed E-state index contributed by atoms with van der Waals surface area (Å²) in [6, 6.07) is 37.7. The van der Waals surface area contributed by atoms with Gasteiger partial charge in [0.2, 0.25) is 11.8 Å². The second-order valence-corrected chi connectivity index (χ2v) is 14.4. The Morgan fingerprint density at radius 1 is 0.448 bits per heavy atom. The van der Waals surface area contributed by atoms with Gasteiger partial charge in [-0.05, 0) is 64.7 Å². The first-order valence-electron chi connectivity index (χ1n) is 17.4. The van der Waals surface area contributed by atoms with Gasteiger partial charge < -0.3 is 20.4 Å².